The number of rotatable bonds is 10. The third-order valence-corrected chi connectivity index (χ3v) is 2.88. The molecule has 0 atom stereocenters. The van der Waals surface area contributed by atoms with Gasteiger partial charge in [-0.15, -0.1) is 24.0 Å². The zero-order chi connectivity index (χ0) is 16.0. The van der Waals surface area contributed by atoms with Gasteiger partial charge in [-0.05, 0) is 24.6 Å². The van der Waals surface area contributed by atoms with Crippen LogP contribution in [0.1, 0.15) is 12.5 Å². The molecule has 0 aliphatic rings. The summed E-state index contributed by atoms with van der Waals surface area (Å²) in [4.78, 5) is 4.17. The van der Waals surface area contributed by atoms with Gasteiger partial charge in [0.05, 0.1) is 13.2 Å². The molecule has 0 radical (unpaired) electrons. The molecule has 0 heterocycles. The Hall–Kier alpha value is -1.06. The summed E-state index contributed by atoms with van der Waals surface area (Å²) in [6.45, 7) is 5.91. The fraction of sp³-hybridized carbons (Fsp3) is 0.562. The third kappa shape index (κ3) is 10.4. The zero-order valence-electron chi connectivity index (χ0n) is 14.1. The number of ether oxygens (including phenoxy) is 3. The molecule has 0 aliphatic heterocycles. The molecule has 132 valence electrons. The second-order valence-corrected chi connectivity index (χ2v) is 4.54. The summed E-state index contributed by atoms with van der Waals surface area (Å²) in [5.41, 5.74) is 1.13. The molecule has 6 nitrogen and oxygen atoms in total. The lowest BCUT2D eigenvalue weighted by molar-refractivity contribution is 0.146. The zero-order valence-corrected chi connectivity index (χ0v) is 16.5. The van der Waals surface area contributed by atoms with Crippen molar-refractivity contribution in [2.24, 2.45) is 4.99 Å². The first-order chi connectivity index (χ1) is 10.8. The van der Waals surface area contributed by atoms with E-state index in [9.17, 15) is 0 Å². The number of nitrogens with one attached hydrogen (secondary N) is 2. The number of guanidine groups is 1. The van der Waals surface area contributed by atoms with Crippen LogP contribution in [-0.2, 0) is 16.0 Å². The lowest BCUT2D eigenvalue weighted by Crippen LogP contribution is -2.38. The molecule has 0 aromatic heterocycles. The summed E-state index contributed by atoms with van der Waals surface area (Å²) in [6, 6.07) is 7.97. The van der Waals surface area contributed by atoms with E-state index in [-0.39, 0.29) is 24.0 Å². The Balaban J connectivity index is 0.00000484. The highest BCUT2D eigenvalue weighted by Crippen LogP contribution is 2.13. The SMILES string of the molecule is CCOCCNC(=NC)NCc1cccc(OCCOC)c1.I. The van der Waals surface area contributed by atoms with Gasteiger partial charge in [0.1, 0.15) is 12.4 Å². The van der Waals surface area contributed by atoms with Crippen molar-refractivity contribution < 1.29 is 14.2 Å². The van der Waals surface area contributed by atoms with E-state index in [4.69, 9.17) is 14.2 Å². The Labute approximate surface area is 156 Å². The molecule has 1 rings (SSSR count). The highest BCUT2D eigenvalue weighted by molar-refractivity contribution is 14.0. The van der Waals surface area contributed by atoms with Crippen LogP contribution < -0.4 is 15.4 Å². The number of hydrogen-bond donors (Lipinski definition) is 2. The predicted octanol–water partition coefficient (Wildman–Crippen LogP) is 2.03. The maximum Gasteiger partial charge on any atom is 0.191 e. The van der Waals surface area contributed by atoms with E-state index in [2.05, 4.69) is 15.6 Å². The van der Waals surface area contributed by atoms with E-state index in [1.807, 2.05) is 31.2 Å². The summed E-state index contributed by atoms with van der Waals surface area (Å²) in [5, 5.41) is 6.46. The van der Waals surface area contributed by atoms with Crippen molar-refractivity contribution in [1.82, 2.24) is 10.6 Å². The lowest BCUT2D eigenvalue weighted by atomic mass is 10.2. The highest BCUT2D eigenvalue weighted by Gasteiger charge is 2.00. The van der Waals surface area contributed by atoms with E-state index >= 15 is 0 Å². The second kappa shape index (κ2) is 14.5. The van der Waals surface area contributed by atoms with E-state index in [0.29, 0.717) is 26.4 Å². The topological polar surface area (TPSA) is 64.1 Å². The van der Waals surface area contributed by atoms with Gasteiger partial charge in [0.25, 0.3) is 0 Å². The number of methoxy groups -OCH3 is 1. The third-order valence-electron chi connectivity index (χ3n) is 2.88. The predicted molar refractivity (Wildman–Crippen MR) is 104 cm³/mol. The molecule has 23 heavy (non-hydrogen) atoms. The maximum atomic E-state index is 5.60. The van der Waals surface area contributed by atoms with Crippen LogP contribution in [0.2, 0.25) is 0 Å². The summed E-state index contributed by atoms with van der Waals surface area (Å²) >= 11 is 0. The molecule has 7 heteroatoms. The van der Waals surface area contributed by atoms with E-state index in [0.717, 1.165) is 30.4 Å². The summed E-state index contributed by atoms with van der Waals surface area (Å²) in [7, 11) is 3.41. The maximum absolute atomic E-state index is 5.60. The molecule has 0 unspecified atom stereocenters. The molecule has 0 bridgehead atoms. The van der Waals surface area contributed by atoms with Crippen molar-refractivity contribution in [3.63, 3.8) is 0 Å². The van der Waals surface area contributed by atoms with Crippen molar-refractivity contribution in [3.8, 4) is 5.75 Å². The van der Waals surface area contributed by atoms with Crippen LogP contribution in [0.3, 0.4) is 0 Å². The first kappa shape index (κ1) is 21.9. The number of halogens is 1. The quantitative estimate of drug-likeness (QED) is 0.254. The molecule has 0 saturated heterocycles. The number of nitrogens with zero attached hydrogens (tertiary/aromatic N) is 1. The number of benzene rings is 1. The standard InChI is InChI=1S/C16H27N3O3.HI/c1-4-21-9-8-18-16(17-2)19-13-14-6-5-7-15(12-14)22-11-10-20-3;/h5-7,12H,4,8-11,13H2,1-3H3,(H2,17,18,19);1H. The molecule has 1 aromatic carbocycles. The minimum atomic E-state index is 0. The Bertz CT molecular complexity index is 444. The Morgan fingerprint density at radius 2 is 2.00 bits per heavy atom. The van der Waals surface area contributed by atoms with Gasteiger partial charge in [-0.1, -0.05) is 12.1 Å². The Morgan fingerprint density at radius 1 is 1.17 bits per heavy atom. The van der Waals surface area contributed by atoms with Crippen LogP contribution in [0, 0.1) is 0 Å². The van der Waals surface area contributed by atoms with Crippen LogP contribution in [0.5, 0.6) is 5.75 Å². The Morgan fingerprint density at radius 3 is 2.70 bits per heavy atom. The highest BCUT2D eigenvalue weighted by atomic mass is 127. The summed E-state index contributed by atoms with van der Waals surface area (Å²) in [6.07, 6.45) is 0. The smallest absolute Gasteiger partial charge is 0.191 e. The van der Waals surface area contributed by atoms with E-state index in [1.54, 1.807) is 14.2 Å². The normalized spacial score (nSPS) is 10.8. The van der Waals surface area contributed by atoms with Crippen molar-refractivity contribution in [2.45, 2.75) is 13.5 Å². The first-order valence-electron chi connectivity index (χ1n) is 7.53. The molecule has 0 amide bonds. The molecule has 0 spiro atoms. The van der Waals surface area contributed by atoms with Gasteiger partial charge >= 0.3 is 0 Å². The second-order valence-electron chi connectivity index (χ2n) is 4.54. The molecule has 0 saturated carbocycles. The molecule has 0 aliphatic carbocycles. The average molecular weight is 437 g/mol. The fourth-order valence-electron chi connectivity index (χ4n) is 1.78. The van der Waals surface area contributed by atoms with Gasteiger partial charge in [-0.25, -0.2) is 0 Å². The average Bonchev–Trinajstić information content (AvgIpc) is 2.55. The number of aliphatic imine (C=N–C) groups is 1. The van der Waals surface area contributed by atoms with Crippen LogP contribution >= 0.6 is 24.0 Å². The van der Waals surface area contributed by atoms with Gasteiger partial charge in [0, 0.05) is 33.9 Å². The van der Waals surface area contributed by atoms with Crippen LogP contribution in [-0.4, -0.2) is 53.1 Å². The van der Waals surface area contributed by atoms with Crippen molar-refractivity contribution in [2.75, 3.05) is 47.1 Å². The van der Waals surface area contributed by atoms with Crippen molar-refractivity contribution in [3.05, 3.63) is 29.8 Å². The summed E-state index contributed by atoms with van der Waals surface area (Å²) in [5.74, 6) is 1.60. The van der Waals surface area contributed by atoms with Crippen LogP contribution in [0.15, 0.2) is 29.3 Å². The van der Waals surface area contributed by atoms with Crippen molar-refractivity contribution in [1.29, 1.82) is 0 Å². The first-order valence-corrected chi connectivity index (χ1v) is 7.53. The van der Waals surface area contributed by atoms with E-state index < -0.39 is 0 Å². The number of hydrogen-bond acceptors (Lipinski definition) is 4. The molecule has 0 fully saturated rings. The minimum Gasteiger partial charge on any atom is -0.491 e. The monoisotopic (exact) mass is 437 g/mol. The van der Waals surface area contributed by atoms with Gasteiger partial charge in [0.15, 0.2) is 5.96 Å². The molecule has 2 N–H and O–H groups in total. The van der Waals surface area contributed by atoms with Crippen LogP contribution in [0.25, 0.3) is 0 Å². The van der Waals surface area contributed by atoms with Gasteiger partial charge in [-0.2, -0.15) is 0 Å². The largest absolute Gasteiger partial charge is 0.491 e. The van der Waals surface area contributed by atoms with E-state index in [1.165, 1.54) is 0 Å². The molecular formula is C16H28IN3O3. The van der Waals surface area contributed by atoms with Gasteiger partial charge in [-0.3, -0.25) is 4.99 Å². The van der Waals surface area contributed by atoms with Gasteiger partial charge < -0.3 is 24.8 Å². The Kier molecular flexibility index (Phi) is 13.9. The fourth-order valence-corrected chi connectivity index (χ4v) is 1.78. The minimum absolute atomic E-state index is 0. The van der Waals surface area contributed by atoms with Crippen LogP contribution in [0.4, 0.5) is 0 Å². The summed E-state index contributed by atoms with van der Waals surface area (Å²) < 4.78 is 15.8. The lowest BCUT2D eigenvalue weighted by Gasteiger charge is -2.12. The molecule has 1 aromatic rings. The van der Waals surface area contributed by atoms with Gasteiger partial charge in [0.2, 0.25) is 0 Å². The van der Waals surface area contributed by atoms with Crippen molar-refractivity contribution >= 4 is 29.9 Å². The molecular weight excluding hydrogens is 409 g/mol.